The molecule has 2 aromatic carbocycles. The summed E-state index contributed by atoms with van der Waals surface area (Å²) in [6.45, 7) is 7.72. The molecule has 1 saturated carbocycles. The lowest BCUT2D eigenvalue weighted by atomic mass is 9.69. The van der Waals surface area contributed by atoms with Gasteiger partial charge in [0, 0.05) is 30.1 Å². The number of non-ortho nitro benzene ring substituents is 1. The van der Waals surface area contributed by atoms with Crippen molar-refractivity contribution in [2.45, 2.75) is 57.9 Å². The third-order valence-corrected chi connectivity index (χ3v) is 7.09. The van der Waals surface area contributed by atoms with Gasteiger partial charge in [-0.25, -0.2) is 0 Å². The highest BCUT2D eigenvalue weighted by atomic mass is 16.6. The molecule has 1 saturated heterocycles. The van der Waals surface area contributed by atoms with Crippen LogP contribution in [0.4, 0.5) is 5.69 Å². The summed E-state index contributed by atoms with van der Waals surface area (Å²) in [5.41, 5.74) is 2.22. The molecular weight excluding hydrogens is 388 g/mol. The van der Waals surface area contributed by atoms with E-state index in [9.17, 15) is 10.1 Å². The fourth-order valence-corrected chi connectivity index (χ4v) is 5.26. The van der Waals surface area contributed by atoms with Crippen LogP contribution in [0.2, 0.25) is 0 Å². The SMILES string of the molecule is C[C@@H]1CC[C@@H]2[C@@H](C1)O[C@@H](c1ccc([N+](=O)[O-])cc1)N(C/C=C/c1ccccc1)C2(C)C. The number of ether oxygens (including phenoxy) is 1. The van der Waals surface area contributed by atoms with Gasteiger partial charge in [0.2, 0.25) is 0 Å². The number of hydrogen-bond donors (Lipinski definition) is 0. The molecule has 0 amide bonds. The van der Waals surface area contributed by atoms with Gasteiger partial charge in [-0.2, -0.15) is 0 Å². The summed E-state index contributed by atoms with van der Waals surface area (Å²) in [4.78, 5) is 13.2. The van der Waals surface area contributed by atoms with E-state index in [0.29, 0.717) is 11.8 Å². The van der Waals surface area contributed by atoms with Gasteiger partial charge < -0.3 is 4.74 Å². The first kappa shape index (κ1) is 21.7. The first-order valence-electron chi connectivity index (χ1n) is 11.2. The third-order valence-electron chi connectivity index (χ3n) is 7.09. The monoisotopic (exact) mass is 420 g/mol. The van der Waals surface area contributed by atoms with Gasteiger partial charge in [-0.05, 0) is 55.9 Å². The number of nitro groups is 1. The Balaban J connectivity index is 1.64. The predicted molar refractivity (Wildman–Crippen MR) is 123 cm³/mol. The highest BCUT2D eigenvalue weighted by molar-refractivity contribution is 5.48. The fraction of sp³-hybridized carbons (Fsp3) is 0.462. The molecule has 1 aliphatic carbocycles. The van der Waals surface area contributed by atoms with Gasteiger partial charge in [-0.3, -0.25) is 15.0 Å². The van der Waals surface area contributed by atoms with E-state index in [1.54, 1.807) is 12.1 Å². The molecule has 0 N–H and O–H groups in total. The maximum Gasteiger partial charge on any atom is 0.269 e. The van der Waals surface area contributed by atoms with E-state index in [1.807, 2.05) is 30.3 Å². The number of nitro benzene ring substituents is 1. The summed E-state index contributed by atoms with van der Waals surface area (Å²) in [5.74, 6) is 1.14. The van der Waals surface area contributed by atoms with Crippen molar-refractivity contribution in [2.24, 2.45) is 11.8 Å². The highest BCUT2D eigenvalue weighted by Gasteiger charge is 2.50. The number of fused-ring (bicyclic) bond motifs is 1. The molecule has 0 unspecified atom stereocenters. The topological polar surface area (TPSA) is 55.6 Å². The number of rotatable bonds is 5. The van der Waals surface area contributed by atoms with Crippen molar-refractivity contribution in [1.82, 2.24) is 4.90 Å². The Kier molecular flexibility index (Phi) is 6.26. The van der Waals surface area contributed by atoms with Gasteiger partial charge >= 0.3 is 0 Å². The van der Waals surface area contributed by atoms with Crippen molar-refractivity contribution in [2.75, 3.05) is 6.54 Å². The van der Waals surface area contributed by atoms with Crippen LogP contribution in [0.15, 0.2) is 60.7 Å². The van der Waals surface area contributed by atoms with Crippen molar-refractivity contribution < 1.29 is 9.66 Å². The number of benzene rings is 2. The second kappa shape index (κ2) is 8.93. The smallest absolute Gasteiger partial charge is 0.269 e. The van der Waals surface area contributed by atoms with E-state index in [1.165, 1.54) is 18.4 Å². The molecule has 0 spiro atoms. The van der Waals surface area contributed by atoms with Crippen LogP contribution in [-0.2, 0) is 4.74 Å². The van der Waals surface area contributed by atoms with E-state index in [2.05, 4.69) is 50.0 Å². The maximum absolute atomic E-state index is 11.1. The lowest BCUT2D eigenvalue weighted by Crippen LogP contribution is -2.61. The van der Waals surface area contributed by atoms with Crippen molar-refractivity contribution >= 4 is 11.8 Å². The van der Waals surface area contributed by atoms with E-state index >= 15 is 0 Å². The number of hydrogen-bond acceptors (Lipinski definition) is 4. The van der Waals surface area contributed by atoms with Crippen LogP contribution in [0.5, 0.6) is 0 Å². The summed E-state index contributed by atoms with van der Waals surface area (Å²) in [6.07, 6.45) is 7.83. The zero-order chi connectivity index (χ0) is 22.0. The Labute approximate surface area is 184 Å². The molecule has 31 heavy (non-hydrogen) atoms. The maximum atomic E-state index is 11.1. The molecule has 0 radical (unpaired) electrons. The normalized spacial score (nSPS) is 28.4. The van der Waals surface area contributed by atoms with Crippen LogP contribution in [0.3, 0.4) is 0 Å². The van der Waals surface area contributed by atoms with Crippen LogP contribution in [-0.4, -0.2) is 28.0 Å². The lowest BCUT2D eigenvalue weighted by Gasteiger charge is -2.57. The molecule has 2 fully saturated rings. The summed E-state index contributed by atoms with van der Waals surface area (Å²) in [6, 6.07) is 17.2. The molecular formula is C26H32N2O3. The third kappa shape index (κ3) is 4.58. The molecule has 1 heterocycles. The van der Waals surface area contributed by atoms with Gasteiger partial charge in [0.25, 0.3) is 5.69 Å². The second-order valence-corrected chi connectivity index (χ2v) is 9.52. The summed E-state index contributed by atoms with van der Waals surface area (Å²) >= 11 is 0. The standard InChI is InChI=1S/C26H32N2O3/c1-19-11-16-23-24(18-19)31-25(21-12-14-22(15-13-21)28(29)30)27(26(23,2)3)17-7-10-20-8-5-4-6-9-20/h4-10,12-15,19,23-25H,11,16-18H2,1-3H3/b10-7+/t19-,23-,24-,25+/m1/s1. The van der Waals surface area contributed by atoms with Gasteiger partial charge in [-0.15, -0.1) is 0 Å². The minimum absolute atomic E-state index is 0.0451. The van der Waals surface area contributed by atoms with E-state index in [-0.39, 0.29) is 28.5 Å². The molecule has 4 atom stereocenters. The summed E-state index contributed by atoms with van der Waals surface area (Å²) in [7, 11) is 0. The van der Waals surface area contributed by atoms with E-state index in [4.69, 9.17) is 4.74 Å². The zero-order valence-electron chi connectivity index (χ0n) is 18.6. The number of nitrogens with zero attached hydrogens (tertiary/aromatic N) is 2. The predicted octanol–water partition coefficient (Wildman–Crippen LogP) is 6.22. The molecule has 2 aliphatic rings. The quantitative estimate of drug-likeness (QED) is 0.425. The molecule has 5 heteroatoms. The first-order chi connectivity index (χ1) is 14.9. The molecule has 0 aromatic heterocycles. The van der Waals surface area contributed by atoms with Crippen molar-refractivity contribution in [3.8, 4) is 0 Å². The van der Waals surface area contributed by atoms with Gasteiger partial charge in [0.15, 0.2) is 0 Å². The van der Waals surface area contributed by atoms with Crippen molar-refractivity contribution in [1.29, 1.82) is 0 Å². The van der Waals surface area contributed by atoms with E-state index < -0.39 is 0 Å². The Hall–Kier alpha value is -2.50. The minimum atomic E-state index is -0.353. The summed E-state index contributed by atoms with van der Waals surface area (Å²) in [5, 5.41) is 11.1. The van der Waals surface area contributed by atoms with Gasteiger partial charge in [-0.1, -0.05) is 55.8 Å². The largest absolute Gasteiger partial charge is 0.355 e. The van der Waals surface area contributed by atoms with Crippen LogP contribution in [0.25, 0.3) is 6.08 Å². The molecule has 4 rings (SSSR count). The van der Waals surface area contributed by atoms with Gasteiger partial charge in [0.1, 0.15) is 6.23 Å². The minimum Gasteiger partial charge on any atom is -0.355 e. The Bertz CT molecular complexity index is 923. The van der Waals surface area contributed by atoms with Gasteiger partial charge in [0.05, 0.1) is 11.0 Å². The fourth-order valence-electron chi connectivity index (χ4n) is 5.26. The lowest BCUT2D eigenvalue weighted by molar-refractivity contribution is -0.384. The van der Waals surface area contributed by atoms with Crippen LogP contribution in [0.1, 0.15) is 57.4 Å². The molecule has 2 aromatic rings. The van der Waals surface area contributed by atoms with Crippen LogP contribution < -0.4 is 0 Å². The van der Waals surface area contributed by atoms with E-state index in [0.717, 1.165) is 18.5 Å². The van der Waals surface area contributed by atoms with Crippen molar-refractivity contribution in [3.63, 3.8) is 0 Å². The average Bonchev–Trinajstić information content (AvgIpc) is 2.75. The summed E-state index contributed by atoms with van der Waals surface area (Å²) < 4.78 is 6.72. The van der Waals surface area contributed by atoms with Crippen molar-refractivity contribution in [3.05, 3.63) is 81.9 Å². The molecule has 5 nitrogen and oxygen atoms in total. The molecule has 164 valence electrons. The van der Waals surface area contributed by atoms with Crippen LogP contribution in [0, 0.1) is 22.0 Å². The average molecular weight is 421 g/mol. The molecule has 1 aliphatic heterocycles. The molecule has 0 bridgehead atoms. The Morgan fingerprint density at radius 2 is 1.84 bits per heavy atom. The highest BCUT2D eigenvalue weighted by Crippen LogP contribution is 2.48. The van der Waals surface area contributed by atoms with Crippen LogP contribution >= 0.6 is 0 Å². The Morgan fingerprint density at radius 3 is 2.52 bits per heavy atom. The Morgan fingerprint density at radius 1 is 1.13 bits per heavy atom. The zero-order valence-corrected chi connectivity index (χ0v) is 18.6. The second-order valence-electron chi connectivity index (χ2n) is 9.52. The first-order valence-corrected chi connectivity index (χ1v) is 11.2.